The summed E-state index contributed by atoms with van der Waals surface area (Å²) in [5.74, 6) is 1.70. The van der Waals surface area contributed by atoms with Crippen LogP contribution in [0.25, 0.3) is 100 Å². The van der Waals surface area contributed by atoms with Crippen LogP contribution in [0.2, 0.25) is 0 Å². The monoisotopic (exact) mass is 796 g/mol. The number of rotatable bonds is 6. The number of fused-ring (bicyclic) bond motifs is 9. The van der Waals surface area contributed by atoms with Gasteiger partial charge in [-0.25, -0.2) is 9.97 Å². The Morgan fingerprint density at radius 3 is 1.58 bits per heavy atom. The number of aromatic nitrogens is 4. The first kappa shape index (κ1) is 35.0. The van der Waals surface area contributed by atoms with Gasteiger partial charge in [-0.05, 0) is 125 Å². The molecule has 62 heavy (non-hydrogen) atoms. The molecule has 3 aromatic heterocycles. The van der Waals surface area contributed by atoms with E-state index in [1.165, 1.54) is 77.0 Å². The van der Waals surface area contributed by atoms with Crippen LogP contribution in [0.3, 0.4) is 0 Å². The third kappa shape index (κ3) is 5.55. The molecule has 8 aromatic carbocycles. The van der Waals surface area contributed by atoms with Crippen molar-refractivity contribution >= 4 is 43.6 Å². The lowest BCUT2D eigenvalue weighted by molar-refractivity contribution is 0.357. The first-order chi connectivity index (χ1) is 30.7. The summed E-state index contributed by atoms with van der Waals surface area (Å²) >= 11 is 0. The molecule has 13 rings (SSSR count). The van der Waals surface area contributed by atoms with Gasteiger partial charge >= 0.3 is 0 Å². The number of ether oxygens (including phenoxy) is 1. The van der Waals surface area contributed by atoms with Gasteiger partial charge < -0.3 is 9.30 Å². The molecular formula is C57H40N4O. The van der Waals surface area contributed by atoms with Crippen LogP contribution < -0.4 is 4.74 Å². The summed E-state index contributed by atoms with van der Waals surface area (Å²) in [7, 11) is 0. The maximum Gasteiger partial charge on any atom is 0.235 e. The lowest BCUT2D eigenvalue weighted by atomic mass is 9.98. The Kier molecular flexibility index (Phi) is 7.86. The predicted octanol–water partition coefficient (Wildman–Crippen LogP) is 13.8. The normalized spacial score (nSPS) is 13.3. The van der Waals surface area contributed by atoms with Crippen molar-refractivity contribution in [3.8, 4) is 62.2 Å². The highest BCUT2D eigenvalue weighted by molar-refractivity contribution is 6.14. The third-order valence-electron chi connectivity index (χ3n) is 13.2. The predicted molar refractivity (Wildman–Crippen MR) is 254 cm³/mol. The topological polar surface area (TPSA) is 44.9 Å². The van der Waals surface area contributed by atoms with E-state index in [1.54, 1.807) is 0 Å². The number of para-hydroxylation sites is 1. The molecule has 294 valence electrons. The minimum atomic E-state index is 0.695. The zero-order valence-electron chi connectivity index (χ0n) is 34.1. The summed E-state index contributed by atoms with van der Waals surface area (Å²) in [5.41, 5.74) is 18.7. The Bertz CT molecular complexity index is 3510. The van der Waals surface area contributed by atoms with Crippen LogP contribution in [-0.4, -0.2) is 25.7 Å². The van der Waals surface area contributed by atoms with Crippen molar-refractivity contribution in [2.45, 2.75) is 25.7 Å². The van der Waals surface area contributed by atoms with Gasteiger partial charge in [0.2, 0.25) is 5.95 Å². The summed E-state index contributed by atoms with van der Waals surface area (Å²) in [6.07, 6.45) is 4.25. The average molecular weight is 797 g/mol. The molecule has 0 spiro atoms. The van der Waals surface area contributed by atoms with Gasteiger partial charge in [0.05, 0.1) is 40.1 Å². The van der Waals surface area contributed by atoms with E-state index in [-0.39, 0.29) is 0 Å². The van der Waals surface area contributed by atoms with E-state index in [9.17, 15) is 0 Å². The second-order valence-corrected chi connectivity index (χ2v) is 16.7. The number of benzene rings is 8. The number of hydrogen-bond acceptors (Lipinski definition) is 3. The smallest absolute Gasteiger partial charge is 0.235 e. The molecule has 0 N–H and O–H groups in total. The van der Waals surface area contributed by atoms with Crippen molar-refractivity contribution in [2.75, 3.05) is 6.61 Å². The van der Waals surface area contributed by atoms with Gasteiger partial charge in [-0.2, -0.15) is 0 Å². The lowest BCUT2D eigenvalue weighted by Crippen LogP contribution is -2.05. The highest BCUT2D eigenvalue weighted by Gasteiger charge is 2.24. The number of hydrogen-bond donors (Lipinski definition) is 0. The van der Waals surface area contributed by atoms with Gasteiger partial charge in [-0.15, -0.1) is 0 Å². The minimum Gasteiger partial charge on any atom is -0.493 e. The summed E-state index contributed by atoms with van der Waals surface area (Å²) < 4.78 is 10.6. The van der Waals surface area contributed by atoms with Crippen LogP contribution >= 0.6 is 0 Å². The van der Waals surface area contributed by atoms with Gasteiger partial charge in [0, 0.05) is 44.8 Å². The fourth-order valence-corrected chi connectivity index (χ4v) is 10.2. The molecule has 0 bridgehead atoms. The molecule has 0 saturated heterocycles. The van der Waals surface area contributed by atoms with Crippen LogP contribution in [-0.2, 0) is 19.3 Å². The molecule has 2 aliphatic rings. The summed E-state index contributed by atoms with van der Waals surface area (Å²) in [4.78, 5) is 10.7. The average Bonchev–Trinajstić information content (AvgIpc) is 4.15. The standard InChI is InChI=1S/C57H40N4O/c1-4-11-37(12-5-1)50-35-51(38-13-6-2-7-14-38)59-57(58-50)61-54-27-22-41(32-47(54)46-24-19-36-15-10-18-45(36)56(46)61)42-21-26-53-49(34-42)48-33-40(39-23-28-55-43(31-39)29-30-62-55)20-25-52(48)60(53)44-16-8-3-9-17-44/h1-9,11-14,16-17,19-28,31-35H,10,15,18,29-30H2. The Hall–Kier alpha value is -7.76. The molecule has 11 aromatic rings. The van der Waals surface area contributed by atoms with E-state index in [0.29, 0.717) is 5.95 Å². The fourth-order valence-electron chi connectivity index (χ4n) is 10.2. The zero-order valence-corrected chi connectivity index (χ0v) is 34.1. The third-order valence-corrected chi connectivity index (χ3v) is 13.2. The quantitative estimate of drug-likeness (QED) is 0.168. The maximum absolute atomic E-state index is 5.85. The maximum atomic E-state index is 5.85. The highest BCUT2D eigenvalue weighted by atomic mass is 16.5. The minimum absolute atomic E-state index is 0.695. The van der Waals surface area contributed by atoms with Gasteiger partial charge in [-0.3, -0.25) is 4.57 Å². The van der Waals surface area contributed by atoms with Crippen LogP contribution in [0.1, 0.15) is 23.1 Å². The molecule has 0 fully saturated rings. The van der Waals surface area contributed by atoms with Crippen molar-refractivity contribution < 1.29 is 4.74 Å². The van der Waals surface area contributed by atoms with E-state index in [0.717, 1.165) is 71.8 Å². The van der Waals surface area contributed by atoms with Crippen molar-refractivity contribution in [2.24, 2.45) is 0 Å². The van der Waals surface area contributed by atoms with Crippen molar-refractivity contribution in [1.82, 2.24) is 19.1 Å². The van der Waals surface area contributed by atoms with Crippen LogP contribution in [0.5, 0.6) is 5.75 Å². The highest BCUT2D eigenvalue weighted by Crippen LogP contribution is 2.42. The molecule has 1 aliphatic carbocycles. The Morgan fingerprint density at radius 2 is 0.952 bits per heavy atom. The van der Waals surface area contributed by atoms with Crippen LogP contribution in [0.15, 0.2) is 182 Å². The van der Waals surface area contributed by atoms with E-state index in [1.807, 2.05) is 0 Å². The van der Waals surface area contributed by atoms with Gasteiger partial charge in [0.25, 0.3) is 0 Å². The second kappa shape index (κ2) is 13.9. The molecule has 0 amide bonds. The molecular weight excluding hydrogens is 757 g/mol. The second-order valence-electron chi connectivity index (χ2n) is 16.7. The summed E-state index contributed by atoms with van der Waals surface area (Å²) in [5, 5.41) is 4.91. The largest absolute Gasteiger partial charge is 0.493 e. The molecule has 5 heteroatoms. The van der Waals surface area contributed by atoms with Gasteiger partial charge in [0.15, 0.2) is 0 Å². The van der Waals surface area contributed by atoms with Crippen LogP contribution in [0, 0.1) is 0 Å². The Morgan fingerprint density at radius 1 is 0.403 bits per heavy atom. The van der Waals surface area contributed by atoms with Crippen LogP contribution in [0.4, 0.5) is 0 Å². The van der Waals surface area contributed by atoms with E-state index in [4.69, 9.17) is 14.7 Å². The Balaban J connectivity index is 1.02. The van der Waals surface area contributed by atoms with Crippen molar-refractivity contribution in [1.29, 1.82) is 0 Å². The van der Waals surface area contributed by atoms with Crippen molar-refractivity contribution in [3.63, 3.8) is 0 Å². The first-order valence-electron chi connectivity index (χ1n) is 21.7. The summed E-state index contributed by atoms with van der Waals surface area (Å²) in [6.45, 7) is 0.754. The molecule has 4 heterocycles. The van der Waals surface area contributed by atoms with Crippen molar-refractivity contribution in [3.05, 3.63) is 199 Å². The van der Waals surface area contributed by atoms with E-state index >= 15 is 0 Å². The Labute approximate surface area is 359 Å². The number of aryl methyl sites for hydroxylation is 2. The van der Waals surface area contributed by atoms with Gasteiger partial charge in [-0.1, -0.05) is 115 Å². The molecule has 0 saturated carbocycles. The van der Waals surface area contributed by atoms with E-state index < -0.39 is 0 Å². The zero-order chi connectivity index (χ0) is 40.7. The molecule has 0 radical (unpaired) electrons. The SMILES string of the molecule is c1ccc(-c2cc(-c3ccccc3)nc(-n3c4ccc(-c5ccc6c(c5)c5cc(-c7ccc8c(c7)CCO8)ccc5n6-c5ccccc5)cc4c4ccc5c(c43)CCC5)n2)cc1. The summed E-state index contributed by atoms with van der Waals surface area (Å²) in [6, 6.07) is 66.0. The number of nitrogens with zero attached hydrogens (tertiary/aromatic N) is 4. The molecule has 5 nitrogen and oxygen atoms in total. The van der Waals surface area contributed by atoms with E-state index in [2.05, 4.69) is 191 Å². The van der Waals surface area contributed by atoms with Gasteiger partial charge in [0.1, 0.15) is 5.75 Å². The lowest BCUT2D eigenvalue weighted by Gasteiger charge is -2.13. The first-order valence-corrected chi connectivity index (χ1v) is 21.7. The molecule has 0 atom stereocenters. The molecule has 0 unspecified atom stereocenters. The molecule has 1 aliphatic heterocycles. The fraction of sp³-hybridized carbons (Fsp3) is 0.0877.